The van der Waals surface area contributed by atoms with Gasteiger partial charge in [0.15, 0.2) is 0 Å². The Morgan fingerprint density at radius 1 is 0.463 bits per heavy atom. The molecule has 0 radical (unpaired) electrons. The lowest BCUT2D eigenvalue weighted by Gasteiger charge is -2.09. The SMILES string of the molecule is c1cnc2c(c1)c1nc(-c3ccc(-c4cc(-c5cnccn5)nc(-c5cnccn5)c4)cc3)[nH]c1c1cccnc12. The second-order valence-electron chi connectivity index (χ2n) is 9.49. The van der Waals surface area contributed by atoms with Crippen LogP contribution < -0.4 is 0 Å². The first kappa shape index (κ1) is 23.0. The summed E-state index contributed by atoms with van der Waals surface area (Å²) in [6, 6.07) is 20.3. The Bertz CT molecular complexity index is 2060. The van der Waals surface area contributed by atoms with Gasteiger partial charge in [-0.25, -0.2) is 9.97 Å². The van der Waals surface area contributed by atoms with E-state index in [9.17, 15) is 0 Å². The quantitative estimate of drug-likeness (QED) is 0.264. The van der Waals surface area contributed by atoms with Crippen LogP contribution in [0.3, 0.4) is 0 Å². The first-order chi connectivity index (χ1) is 20.3. The van der Waals surface area contributed by atoms with Crippen molar-refractivity contribution in [1.82, 2.24) is 44.9 Å². The highest BCUT2D eigenvalue weighted by molar-refractivity contribution is 6.21. The predicted octanol–water partition coefficient (Wildman–Crippen LogP) is 6.30. The minimum Gasteiger partial charge on any atom is -0.337 e. The van der Waals surface area contributed by atoms with Crippen LogP contribution in [-0.2, 0) is 0 Å². The van der Waals surface area contributed by atoms with Crippen molar-refractivity contribution in [3.05, 3.63) is 110 Å². The van der Waals surface area contributed by atoms with Gasteiger partial charge >= 0.3 is 0 Å². The minimum absolute atomic E-state index is 0.682. The molecule has 0 bridgehead atoms. The molecule has 0 saturated heterocycles. The van der Waals surface area contributed by atoms with E-state index in [0.29, 0.717) is 22.8 Å². The number of hydrogen-bond acceptors (Lipinski definition) is 8. The zero-order chi connectivity index (χ0) is 27.2. The molecule has 1 N–H and O–H groups in total. The summed E-state index contributed by atoms with van der Waals surface area (Å²) >= 11 is 0. The number of pyridine rings is 3. The molecule has 6 aromatic heterocycles. The Balaban J connectivity index is 1.24. The van der Waals surface area contributed by atoms with Crippen molar-refractivity contribution >= 4 is 32.8 Å². The molecule has 0 aliphatic heterocycles. The molecule has 2 aromatic carbocycles. The van der Waals surface area contributed by atoms with E-state index in [1.165, 1.54) is 0 Å². The van der Waals surface area contributed by atoms with Crippen molar-refractivity contribution in [3.8, 4) is 45.3 Å². The highest BCUT2D eigenvalue weighted by Crippen LogP contribution is 2.34. The molecule has 0 amide bonds. The average Bonchev–Trinajstić information content (AvgIpc) is 3.52. The average molecular weight is 530 g/mol. The second kappa shape index (κ2) is 9.35. The fourth-order valence-electron chi connectivity index (χ4n) is 5.12. The number of nitrogens with one attached hydrogen (secondary N) is 1. The number of aromatic nitrogens is 9. The van der Waals surface area contributed by atoms with Crippen LogP contribution in [0.2, 0.25) is 0 Å². The van der Waals surface area contributed by atoms with Gasteiger partial charge in [-0.1, -0.05) is 24.3 Å². The second-order valence-corrected chi connectivity index (χ2v) is 9.49. The normalized spacial score (nSPS) is 11.4. The molecule has 9 heteroatoms. The molecule has 0 atom stereocenters. The first-order valence-electron chi connectivity index (χ1n) is 13.0. The summed E-state index contributed by atoms with van der Waals surface area (Å²) in [6.07, 6.45) is 13.6. The predicted molar refractivity (Wildman–Crippen MR) is 157 cm³/mol. The van der Waals surface area contributed by atoms with E-state index in [1.807, 2.05) is 30.3 Å². The minimum atomic E-state index is 0.682. The van der Waals surface area contributed by atoms with E-state index < -0.39 is 0 Å². The lowest BCUT2D eigenvalue weighted by molar-refractivity contribution is 1.15. The topological polar surface area (TPSA) is 119 Å². The molecule has 9 nitrogen and oxygen atoms in total. The van der Waals surface area contributed by atoms with Crippen molar-refractivity contribution < 1.29 is 0 Å². The van der Waals surface area contributed by atoms with Gasteiger partial charge in [0.2, 0.25) is 0 Å². The van der Waals surface area contributed by atoms with Crippen LogP contribution in [0.4, 0.5) is 0 Å². The number of nitrogens with zero attached hydrogens (tertiary/aromatic N) is 8. The molecule has 0 saturated carbocycles. The molecule has 0 spiro atoms. The van der Waals surface area contributed by atoms with Crippen LogP contribution in [0, 0.1) is 0 Å². The summed E-state index contributed by atoms with van der Waals surface area (Å²) in [7, 11) is 0. The highest BCUT2D eigenvalue weighted by atomic mass is 14.9. The summed E-state index contributed by atoms with van der Waals surface area (Å²) < 4.78 is 0. The van der Waals surface area contributed by atoms with Crippen LogP contribution in [0.5, 0.6) is 0 Å². The Kier molecular flexibility index (Phi) is 5.24. The van der Waals surface area contributed by atoms with E-state index in [0.717, 1.165) is 55.4 Å². The van der Waals surface area contributed by atoms with Crippen LogP contribution in [-0.4, -0.2) is 44.9 Å². The van der Waals surface area contributed by atoms with Gasteiger partial charge in [-0.05, 0) is 47.5 Å². The van der Waals surface area contributed by atoms with Crippen LogP contribution in [0.1, 0.15) is 0 Å². The van der Waals surface area contributed by atoms with Crippen molar-refractivity contribution in [3.63, 3.8) is 0 Å². The Morgan fingerprint density at radius 3 is 1.71 bits per heavy atom. The summed E-state index contributed by atoms with van der Waals surface area (Å²) in [5.41, 5.74) is 9.28. The number of aromatic amines is 1. The summed E-state index contributed by atoms with van der Waals surface area (Å²) in [5, 5.41) is 1.96. The van der Waals surface area contributed by atoms with Crippen LogP contribution >= 0.6 is 0 Å². The number of rotatable bonds is 4. The van der Waals surface area contributed by atoms with E-state index in [1.54, 1.807) is 49.6 Å². The monoisotopic (exact) mass is 529 g/mol. The van der Waals surface area contributed by atoms with E-state index in [-0.39, 0.29) is 0 Å². The summed E-state index contributed by atoms with van der Waals surface area (Å²) in [4.78, 5) is 39.9. The van der Waals surface area contributed by atoms with Gasteiger partial charge in [0.25, 0.3) is 0 Å². The zero-order valence-electron chi connectivity index (χ0n) is 21.5. The molecular weight excluding hydrogens is 510 g/mol. The zero-order valence-corrected chi connectivity index (χ0v) is 21.5. The molecular formula is C32H19N9. The van der Waals surface area contributed by atoms with Gasteiger partial charge in [0, 0.05) is 53.5 Å². The maximum absolute atomic E-state index is 5.01. The van der Waals surface area contributed by atoms with Gasteiger partial charge in [-0.3, -0.25) is 29.9 Å². The summed E-state index contributed by atoms with van der Waals surface area (Å²) in [5.74, 6) is 0.781. The standard InChI is InChI=1S/C32H19N9/c1-3-22-28(37-9-1)29-23(4-2-10-38-29)31-30(22)40-32(41-31)20-7-5-19(6-8-20)21-15-24(26-17-33-11-13-35-26)39-25(16-21)27-18-34-12-14-36-27/h1-18H,(H,40,41). The van der Waals surface area contributed by atoms with E-state index in [2.05, 4.69) is 65.2 Å². The third-order valence-corrected chi connectivity index (χ3v) is 7.04. The Morgan fingerprint density at radius 2 is 1.07 bits per heavy atom. The maximum atomic E-state index is 5.01. The first-order valence-corrected chi connectivity index (χ1v) is 13.0. The van der Waals surface area contributed by atoms with Gasteiger partial charge in [-0.15, -0.1) is 0 Å². The fraction of sp³-hybridized carbons (Fsp3) is 0. The molecule has 8 rings (SSSR count). The number of hydrogen-bond donors (Lipinski definition) is 1. The van der Waals surface area contributed by atoms with E-state index in [4.69, 9.17) is 9.97 Å². The van der Waals surface area contributed by atoms with Crippen molar-refractivity contribution in [2.24, 2.45) is 0 Å². The molecule has 0 unspecified atom stereocenters. The fourth-order valence-corrected chi connectivity index (χ4v) is 5.12. The molecule has 0 aliphatic rings. The number of fused-ring (bicyclic) bond motifs is 6. The van der Waals surface area contributed by atoms with Gasteiger partial charge in [0.1, 0.15) is 17.2 Å². The summed E-state index contributed by atoms with van der Waals surface area (Å²) in [6.45, 7) is 0. The largest absolute Gasteiger partial charge is 0.337 e. The van der Waals surface area contributed by atoms with Gasteiger partial charge in [0.05, 0.1) is 45.8 Å². The lowest BCUT2D eigenvalue weighted by atomic mass is 10.0. The van der Waals surface area contributed by atoms with Crippen LogP contribution in [0.15, 0.2) is 110 Å². The molecule has 0 aliphatic carbocycles. The third kappa shape index (κ3) is 3.95. The Labute approximate surface area is 233 Å². The smallest absolute Gasteiger partial charge is 0.138 e. The lowest BCUT2D eigenvalue weighted by Crippen LogP contribution is -1.95. The van der Waals surface area contributed by atoms with Gasteiger partial charge in [-0.2, -0.15) is 0 Å². The third-order valence-electron chi connectivity index (χ3n) is 7.04. The van der Waals surface area contributed by atoms with Crippen molar-refractivity contribution in [1.29, 1.82) is 0 Å². The molecule has 8 aromatic rings. The molecule has 6 heterocycles. The Hall–Kier alpha value is -5.96. The molecule has 41 heavy (non-hydrogen) atoms. The van der Waals surface area contributed by atoms with Crippen molar-refractivity contribution in [2.75, 3.05) is 0 Å². The molecule has 192 valence electrons. The van der Waals surface area contributed by atoms with Crippen molar-refractivity contribution in [2.45, 2.75) is 0 Å². The highest BCUT2D eigenvalue weighted by Gasteiger charge is 2.16. The van der Waals surface area contributed by atoms with Gasteiger partial charge < -0.3 is 4.98 Å². The molecule has 0 fully saturated rings. The van der Waals surface area contributed by atoms with E-state index >= 15 is 0 Å². The number of H-pyrrole nitrogens is 1. The number of benzene rings is 2. The number of imidazole rings is 1. The maximum Gasteiger partial charge on any atom is 0.138 e. The van der Waals surface area contributed by atoms with Crippen LogP contribution in [0.25, 0.3) is 78.1 Å².